The van der Waals surface area contributed by atoms with Crippen molar-refractivity contribution in [2.24, 2.45) is 5.92 Å². The number of hydrogen-bond acceptors (Lipinski definition) is 3. The summed E-state index contributed by atoms with van der Waals surface area (Å²) in [5, 5.41) is 8.85. The highest BCUT2D eigenvalue weighted by atomic mass is 35.5. The number of aliphatic carboxylic acids is 1. The summed E-state index contributed by atoms with van der Waals surface area (Å²) in [7, 11) is 0. The van der Waals surface area contributed by atoms with Gasteiger partial charge >= 0.3 is 5.97 Å². The Morgan fingerprint density at radius 1 is 1.33 bits per heavy atom. The molecule has 1 unspecified atom stereocenters. The molecule has 0 saturated carbocycles. The van der Waals surface area contributed by atoms with E-state index in [-0.39, 0.29) is 24.7 Å². The van der Waals surface area contributed by atoms with Gasteiger partial charge in [0.05, 0.1) is 6.54 Å². The van der Waals surface area contributed by atoms with Gasteiger partial charge in [0.2, 0.25) is 0 Å². The molecule has 0 spiro atoms. The molecule has 1 aliphatic heterocycles. The SMILES string of the molecule is Cl.O=C(O)C1CCN(Cc2ccccc2)CC1=O. The van der Waals surface area contributed by atoms with Crippen LogP contribution in [0.3, 0.4) is 0 Å². The van der Waals surface area contributed by atoms with Crippen LogP contribution in [0.4, 0.5) is 0 Å². The number of ketones is 1. The molecule has 0 radical (unpaired) electrons. The van der Waals surface area contributed by atoms with Crippen molar-refractivity contribution in [2.75, 3.05) is 13.1 Å². The third-order valence-corrected chi connectivity index (χ3v) is 3.05. The first-order chi connectivity index (χ1) is 8.16. The first-order valence-corrected chi connectivity index (χ1v) is 5.68. The highest BCUT2D eigenvalue weighted by Crippen LogP contribution is 2.16. The Morgan fingerprint density at radius 2 is 2.00 bits per heavy atom. The standard InChI is InChI=1S/C13H15NO3.ClH/c15-12-9-14(7-6-11(12)13(16)17)8-10-4-2-1-3-5-10;/h1-5,11H,6-9H2,(H,16,17);1H. The molecule has 5 heteroatoms. The van der Waals surface area contributed by atoms with Gasteiger partial charge in [-0.15, -0.1) is 12.4 Å². The molecule has 1 heterocycles. The minimum absolute atomic E-state index is 0. The fourth-order valence-electron chi connectivity index (χ4n) is 2.12. The predicted octanol–water partition coefficient (Wildman–Crippen LogP) is 1.58. The average molecular weight is 270 g/mol. The first kappa shape index (κ1) is 14.7. The van der Waals surface area contributed by atoms with Crippen LogP contribution in [-0.2, 0) is 16.1 Å². The lowest BCUT2D eigenvalue weighted by atomic mass is 9.95. The van der Waals surface area contributed by atoms with Gasteiger partial charge in [-0.05, 0) is 12.0 Å². The molecule has 2 rings (SSSR count). The molecule has 18 heavy (non-hydrogen) atoms. The van der Waals surface area contributed by atoms with Crippen LogP contribution >= 0.6 is 12.4 Å². The third kappa shape index (κ3) is 3.55. The second-order valence-electron chi connectivity index (χ2n) is 4.34. The lowest BCUT2D eigenvalue weighted by Crippen LogP contribution is -2.43. The van der Waals surface area contributed by atoms with Crippen LogP contribution in [0.5, 0.6) is 0 Å². The summed E-state index contributed by atoms with van der Waals surface area (Å²) in [6, 6.07) is 9.88. The molecule has 98 valence electrons. The molecule has 0 bridgehead atoms. The Morgan fingerprint density at radius 3 is 2.56 bits per heavy atom. The van der Waals surface area contributed by atoms with Crippen molar-refractivity contribution in [3.63, 3.8) is 0 Å². The number of benzene rings is 1. The maximum Gasteiger partial charge on any atom is 0.314 e. The Kier molecular flexibility index (Phi) is 5.31. The molecule has 1 N–H and O–H groups in total. The van der Waals surface area contributed by atoms with E-state index < -0.39 is 11.9 Å². The minimum atomic E-state index is -0.991. The molecule has 1 aromatic rings. The van der Waals surface area contributed by atoms with E-state index in [0.29, 0.717) is 19.5 Å². The lowest BCUT2D eigenvalue weighted by molar-refractivity contribution is -0.148. The molecule has 1 aromatic carbocycles. The second-order valence-corrected chi connectivity index (χ2v) is 4.34. The third-order valence-electron chi connectivity index (χ3n) is 3.05. The normalized spacial score (nSPS) is 20.2. The van der Waals surface area contributed by atoms with Gasteiger partial charge in [0, 0.05) is 13.1 Å². The molecule has 1 fully saturated rings. The molecule has 0 amide bonds. The van der Waals surface area contributed by atoms with Crippen LogP contribution in [-0.4, -0.2) is 34.8 Å². The van der Waals surface area contributed by atoms with Crippen LogP contribution in [0.25, 0.3) is 0 Å². The van der Waals surface area contributed by atoms with Crippen molar-refractivity contribution in [1.29, 1.82) is 0 Å². The van der Waals surface area contributed by atoms with Gasteiger partial charge in [-0.3, -0.25) is 14.5 Å². The lowest BCUT2D eigenvalue weighted by Gasteiger charge is -2.28. The van der Waals surface area contributed by atoms with Crippen molar-refractivity contribution in [3.8, 4) is 0 Å². The van der Waals surface area contributed by atoms with Gasteiger partial charge in [0.1, 0.15) is 5.92 Å². The second kappa shape index (κ2) is 6.52. The van der Waals surface area contributed by atoms with E-state index in [2.05, 4.69) is 0 Å². The van der Waals surface area contributed by atoms with Crippen molar-refractivity contribution in [3.05, 3.63) is 35.9 Å². The Bertz CT molecular complexity index is 422. The van der Waals surface area contributed by atoms with Gasteiger partial charge in [0.25, 0.3) is 0 Å². The summed E-state index contributed by atoms with van der Waals surface area (Å²) >= 11 is 0. The molecule has 0 aliphatic carbocycles. The fraction of sp³-hybridized carbons (Fsp3) is 0.385. The first-order valence-electron chi connectivity index (χ1n) is 5.68. The van der Waals surface area contributed by atoms with E-state index in [0.717, 1.165) is 5.56 Å². The molecular formula is C13H16ClNO3. The summed E-state index contributed by atoms with van der Waals surface area (Å²) in [4.78, 5) is 24.4. The Hall–Kier alpha value is -1.39. The average Bonchev–Trinajstić information content (AvgIpc) is 2.30. The number of Topliss-reactive ketones (excluding diaryl/α,β-unsaturated/α-hetero) is 1. The zero-order valence-electron chi connectivity index (χ0n) is 9.91. The molecule has 1 saturated heterocycles. The largest absolute Gasteiger partial charge is 0.481 e. The van der Waals surface area contributed by atoms with E-state index in [4.69, 9.17) is 5.11 Å². The maximum atomic E-state index is 11.6. The molecule has 1 aliphatic rings. The van der Waals surface area contributed by atoms with Crippen LogP contribution < -0.4 is 0 Å². The zero-order valence-corrected chi connectivity index (χ0v) is 10.7. The van der Waals surface area contributed by atoms with Crippen molar-refractivity contribution >= 4 is 24.2 Å². The smallest absolute Gasteiger partial charge is 0.314 e. The summed E-state index contributed by atoms with van der Waals surface area (Å²) in [6.07, 6.45) is 0.418. The monoisotopic (exact) mass is 269 g/mol. The summed E-state index contributed by atoms with van der Waals surface area (Å²) in [5.41, 5.74) is 1.15. The summed E-state index contributed by atoms with van der Waals surface area (Å²) in [6.45, 7) is 1.61. The number of hydrogen-bond donors (Lipinski definition) is 1. The maximum absolute atomic E-state index is 11.6. The fourth-order valence-corrected chi connectivity index (χ4v) is 2.12. The van der Waals surface area contributed by atoms with Crippen LogP contribution in [0, 0.1) is 5.92 Å². The number of carboxylic acids is 1. The minimum Gasteiger partial charge on any atom is -0.481 e. The molecular weight excluding hydrogens is 254 g/mol. The molecule has 0 aromatic heterocycles. The van der Waals surface area contributed by atoms with Crippen LogP contribution in [0.1, 0.15) is 12.0 Å². The van der Waals surface area contributed by atoms with Crippen LogP contribution in [0.2, 0.25) is 0 Å². The van der Waals surface area contributed by atoms with Crippen molar-refractivity contribution in [2.45, 2.75) is 13.0 Å². The van der Waals surface area contributed by atoms with Crippen LogP contribution in [0.15, 0.2) is 30.3 Å². The summed E-state index contributed by atoms with van der Waals surface area (Å²) < 4.78 is 0. The van der Waals surface area contributed by atoms with Crippen molar-refractivity contribution < 1.29 is 14.7 Å². The number of halogens is 1. The highest BCUT2D eigenvalue weighted by molar-refractivity contribution is 5.99. The predicted molar refractivity (Wildman–Crippen MR) is 69.7 cm³/mol. The van der Waals surface area contributed by atoms with E-state index >= 15 is 0 Å². The highest BCUT2D eigenvalue weighted by Gasteiger charge is 2.31. The number of piperidine rings is 1. The quantitative estimate of drug-likeness (QED) is 0.847. The number of carbonyl (C=O) groups is 2. The number of carbonyl (C=O) groups excluding carboxylic acids is 1. The van der Waals surface area contributed by atoms with Gasteiger partial charge < -0.3 is 5.11 Å². The van der Waals surface area contributed by atoms with E-state index in [1.807, 2.05) is 35.2 Å². The molecule has 1 atom stereocenters. The Balaban J connectivity index is 0.00000162. The topological polar surface area (TPSA) is 57.6 Å². The Labute approximate surface area is 112 Å². The van der Waals surface area contributed by atoms with Crippen molar-refractivity contribution in [1.82, 2.24) is 4.90 Å². The number of rotatable bonds is 3. The number of likely N-dealkylation sites (tertiary alicyclic amines) is 1. The van der Waals surface area contributed by atoms with Gasteiger partial charge in [-0.1, -0.05) is 30.3 Å². The summed E-state index contributed by atoms with van der Waals surface area (Å²) in [5.74, 6) is -1.98. The van der Waals surface area contributed by atoms with E-state index in [1.165, 1.54) is 0 Å². The van der Waals surface area contributed by atoms with Gasteiger partial charge in [-0.25, -0.2) is 0 Å². The number of nitrogens with zero attached hydrogens (tertiary/aromatic N) is 1. The van der Waals surface area contributed by atoms with E-state index in [9.17, 15) is 9.59 Å². The zero-order chi connectivity index (χ0) is 12.3. The van der Waals surface area contributed by atoms with E-state index in [1.54, 1.807) is 0 Å². The number of carboxylic acid groups (broad SMARTS) is 1. The van der Waals surface area contributed by atoms with Gasteiger partial charge in [-0.2, -0.15) is 0 Å². The van der Waals surface area contributed by atoms with Gasteiger partial charge in [0.15, 0.2) is 5.78 Å². The molecule has 4 nitrogen and oxygen atoms in total.